The van der Waals surface area contributed by atoms with Gasteiger partial charge in [-0.2, -0.15) is 0 Å². The van der Waals surface area contributed by atoms with Crippen LogP contribution in [0.2, 0.25) is 0 Å². The van der Waals surface area contributed by atoms with Crippen LogP contribution in [0.1, 0.15) is 43.9 Å². The molecule has 2 aromatic heterocycles. The van der Waals surface area contributed by atoms with E-state index in [1.54, 1.807) is 12.5 Å². The SMILES string of the molecule is OC1(Cn2ccnc2)CCN(c2nnc(C3CCC3)o2)CC1. The average molecular weight is 303 g/mol. The number of piperidine rings is 1. The first-order valence-electron chi connectivity index (χ1n) is 7.98. The van der Waals surface area contributed by atoms with Gasteiger partial charge in [0.1, 0.15) is 0 Å². The van der Waals surface area contributed by atoms with Crippen LogP contribution < -0.4 is 4.90 Å². The van der Waals surface area contributed by atoms with Crippen LogP contribution in [0.3, 0.4) is 0 Å². The van der Waals surface area contributed by atoms with Gasteiger partial charge in [0, 0.05) is 31.4 Å². The minimum absolute atomic E-state index is 0.462. The summed E-state index contributed by atoms with van der Waals surface area (Å²) < 4.78 is 7.74. The van der Waals surface area contributed by atoms with E-state index < -0.39 is 5.60 Å². The molecule has 0 amide bonds. The molecule has 0 spiro atoms. The van der Waals surface area contributed by atoms with E-state index in [1.807, 2.05) is 10.8 Å². The van der Waals surface area contributed by atoms with Gasteiger partial charge in [0.25, 0.3) is 0 Å². The van der Waals surface area contributed by atoms with Gasteiger partial charge >= 0.3 is 6.01 Å². The number of nitrogens with zero attached hydrogens (tertiary/aromatic N) is 5. The van der Waals surface area contributed by atoms with Crippen molar-refractivity contribution in [1.82, 2.24) is 19.7 Å². The Morgan fingerprint density at radius 2 is 2.09 bits per heavy atom. The third-order valence-electron chi connectivity index (χ3n) is 4.89. The van der Waals surface area contributed by atoms with Crippen LogP contribution in [0.5, 0.6) is 0 Å². The normalized spacial score (nSPS) is 21.8. The fourth-order valence-electron chi connectivity index (χ4n) is 3.17. The summed E-state index contributed by atoms with van der Waals surface area (Å²) in [5.74, 6) is 1.24. The molecule has 1 aliphatic heterocycles. The Morgan fingerprint density at radius 3 is 2.73 bits per heavy atom. The quantitative estimate of drug-likeness (QED) is 0.923. The van der Waals surface area contributed by atoms with E-state index >= 15 is 0 Å². The van der Waals surface area contributed by atoms with Gasteiger partial charge in [-0.3, -0.25) is 0 Å². The molecule has 7 heteroatoms. The zero-order valence-corrected chi connectivity index (χ0v) is 12.6. The second-order valence-electron chi connectivity index (χ2n) is 6.50. The number of hydrogen-bond donors (Lipinski definition) is 1. The fraction of sp³-hybridized carbons (Fsp3) is 0.667. The van der Waals surface area contributed by atoms with E-state index in [2.05, 4.69) is 20.1 Å². The van der Waals surface area contributed by atoms with Crippen LogP contribution in [-0.2, 0) is 6.54 Å². The van der Waals surface area contributed by atoms with Gasteiger partial charge in [-0.05, 0) is 25.7 Å². The third kappa shape index (κ3) is 2.61. The van der Waals surface area contributed by atoms with Crippen molar-refractivity contribution >= 4 is 6.01 Å². The van der Waals surface area contributed by atoms with Gasteiger partial charge in [-0.25, -0.2) is 4.98 Å². The standard InChI is InChI=1S/C15H21N5O2/c21-15(10-19-9-6-16-11-19)4-7-20(8-5-15)14-18-17-13(22-14)12-2-1-3-12/h6,9,11-12,21H,1-5,7-8,10H2. The first-order chi connectivity index (χ1) is 10.7. The summed E-state index contributed by atoms with van der Waals surface area (Å²) in [5.41, 5.74) is -0.686. The van der Waals surface area contributed by atoms with Crippen molar-refractivity contribution < 1.29 is 9.52 Å². The maximum Gasteiger partial charge on any atom is 0.318 e. The molecule has 0 atom stereocenters. The summed E-state index contributed by atoms with van der Waals surface area (Å²) in [7, 11) is 0. The molecule has 2 fully saturated rings. The molecule has 1 N–H and O–H groups in total. The monoisotopic (exact) mass is 303 g/mol. The summed E-state index contributed by atoms with van der Waals surface area (Å²) in [6, 6.07) is 0.603. The second-order valence-corrected chi connectivity index (χ2v) is 6.50. The van der Waals surface area contributed by atoms with Crippen LogP contribution in [0, 0.1) is 0 Å². The van der Waals surface area contributed by atoms with Gasteiger partial charge < -0.3 is 19.0 Å². The Kier molecular flexibility index (Phi) is 3.37. The number of aliphatic hydroxyl groups is 1. The summed E-state index contributed by atoms with van der Waals surface area (Å²) in [6.45, 7) is 2.05. The summed E-state index contributed by atoms with van der Waals surface area (Å²) in [4.78, 5) is 6.10. The van der Waals surface area contributed by atoms with Crippen LogP contribution in [0.15, 0.2) is 23.1 Å². The summed E-state index contributed by atoms with van der Waals surface area (Å²) >= 11 is 0. The molecule has 2 aromatic rings. The van der Waals surface area contributed by atoms with Crippen molar-refractivity contribution in [2.24, 2.45) is 0 Å². The van der Waals surface area contributed by atoms with E-state index in [4.69, 9.17) is 4.42 Å². The zero-order chi connectivity index (χ0) is 15.0. The van der Waals surface area contributed by atoms with Crippen LogP contribution in [0.4, 0.5) is 6.01 Å². The number of aromatic nitrogens is 4. The highest BCUT2D eigenvalue weighted by Crippen LogP contribution is 2.36. The second kappa shape index (κ2) is 5.39. The predicted octanol–water partition coefficient (Wildman–Crippen LogP) is 1.57. The van der Waals surface area contributed by atoms with Gasteiger partial charge in [0.15, 0.2) is 0 Å². The van der Waals surface area contributed by atoms with Gasteiger partial charge in [-0.15, -0.1) is 5.10 Å². The minimum atomic E-state index is -0.686. The average Bonchev–Trinajstić information content (AvgIpc) is 3.09. The molecule has 2 aliphatic rings. The van der Waals surface area contributed by atoms with Crippen LogP contribution >= 0.6 is 0 Å². The molecule has 118 valence electrons. The van der Waals surface area contributed by atoms with Crippen LogP contribution in [0.25, 0.3) is 0 Å². The highest BCUT2D eigenvalue weighted by atomic mass is 16.4. The molecule has 1 saturated heterocycles. The third-order valence-corrected chi connectivity index (χ3v) is 4.89. The molecule has 0 aromatic carbocycles. The number of hydrogen-bond acceptors (Lipinski definition) is 6. The lowest BCUT2D eigenvalue weighted by Gasteiger charge is -2.37. The highest BCUT2D eigenvalue weighted by molar-refractivity contribution is 5.26. The molecule has 7 nitrogen and oxygen atoms in total. The van der Waals surface area contributed by atoms with E-state index in [9.17, 15) is 5.11 Å². The molecular formula is C15H21N5O2. The molecular weight excluding hydrogens is 282 g/mol. The summed E-state index contributed by atoms with van der Waals surface area (Å²) in [6.07, 6.45) is 10.3. The molecule has 4 rings (SSSR count). The fourth-order valence-corrected chi connectivity index (χ4v) is 3.17. The zero-order valence-electron chi connectivity index (χ0n) is 12.6. The lowest BCUT2D eigenvalue weighted by molar-refractivity contribution is -0.000769. The Morgan fingerprint density at radius 1 is 1.27 bits per heavy atom. The molecule has 22 heavy (non-hydrogen) atoms. The van der Waals surface area contributed by atoms with E-state index in [0.29, 0.717) is 31.3 Å². The molecule has 0 bridgehead atoms. The van der Waals surface area contributed by atoms with Crippen molar-refractivity contribution in [3.05, 3.63) is 24.6 Å². The van der Waals surface area contributed by atoms with Crippen molar-refractivity contribution in [2.45, 2.75) is 50.2 Å². The number of anilines is 1. The van der Waals surface area contributed by atoms with Crippen LogP contribution in [-0.4, -0.2) is 43.5 Å². The maximum absolute atomic E-state index is 10.7. The van der Waals surface area contributed by atoms with Crippen molar-refractivity contribution in [2.75, 3.05) is 18.0 Å². The van der Waals surface area contributed by atoms with Gasteiger partial charge in [0.05, 0.1) is 18.5 Å². The number of rotatable bonds is 4. The molecule has 0 unspecified atom stereocenters. The first-order valence-corrected chi connectivity index (χ1v) is 7.98. The Balaban J connectivity index is 1.37. The first kappa shape index (κ1) is 13.8. The summed E-state index contributed by atoms with van der Waals surface area (Å²) in [5, 5.41) is 19.1. The van der Waals surface area contributed by atoms with Gasteiger partial charge in [0.2, 0.25) is 5.89 Å². The molecule has 0 radical (unpaired) electrons. The Hall–Kier alpha value is -1.89. The maximum atomic E-state index is 10.7. The molecule has 3 heterocycles. The van der Waals surface area contributed by atoms with Gasteiger partial charge in [-0.1, -0.05) is 11.5 Å². The topological polar surface area (TPSA) is 80.2 Å². The van der Waals surface area contributed by atoms with E-state index in [0.717, 1.165) is 31.8 Å². The molecule has 1 saturated carbocycles. The lowest BCUT2D eigenvalue weighted by Crippen LogP contribution is -2.46. The highest BCUT2D eigenvalue weighted by Gasteiger charge is 2.34. The van der Waals surface area contributed by atoms with Crippen molar-refractivity contribution in [3.8, 4) is 0 Å². The predicted molar refractivity (Wildman–Crippen MR) is 79.5 cm³/mol. The van der Waals surface area contributed by atoms with Crippen molar-refractivity contribution in [3.63, 3.8) is 0 Å². The van der Waals surface area contributed by atoms with Crippen molar-refractivity contribution in [1.29, 1.82) is 0 Å². The van der Waals surface area contributed by atoms with E-state index in [-0.39, 0.29) is 0 Å². The minimum Gasteiger partial charge on any atom is -0.408 e. The largest absolute Gasteiger partial charge is 0.408 e. The van der Waals surface area contributed by atoms with E-state index in [1.165, 1.54) is 6.42 Å². The number of imidazole rings is 1. The Labute approximate surface area is 129 Å². The lowest BCUT2D eigenvalue weighted by atomic mass is 9.85. The Bertz CT molecular complexity index is 612. The smallest absolute Gasteiger partial charge is 0.318 e. The molecule has 1 aliphatic carbocycles.